The maximum absolute atomic E-state index is 12.8. The molecule has 37 heavy (non-hydrogen) atoms. The van der Waals surface area contributed by atoms with Crippen LogP contribution in [0.3, 0.4) is 0 Å². The number of amides is 3. The second kappa shape index (κ2) is 10.9. The van der Waals surface area contributed by atoms with Gasteiger partial charge in [-0.25, -0.2) is 14.8 Å². The van der Waals surface area contributed by atoms with Crippen LogP contribution in [0, 0.1) is 6.92 Å². The summed E-state index contributed by atoms with van der Waals surface area (Å²) in [5.41, 5.74) is 3.23. The molecule has 0 saturated carbocycles. The number of fused-ring (bicyclic) bond motifs is 1. The summed E-state index contributed by atoms with van der Waals surface area (Å²) >= 11 is 0. The number of esters is 1. The summed E-state index contributed by atoms with van der Waals surface area (Å²) in [6.07, 6.45) is 1.21. The zero-order valence-corrected chi connectivity index (χ0v) is 20.5. The second-order valence-electron chi connectivity index (χ2n) is 8.44. The van der Waals surface area contributed by atoms with Crippen LogP contribution in [0.25, 0.3) is 0 Å². The van der Waals surface area contributed by atoms with Gasteiger partial charge in [0.25, 0.3) is 11.8 Å². The van der Waals surface area contributed by atoms with Crippen molar-refractivity contribution in [1.29, 1.82) is 0 Å². The highest BCUT2D eigenvalue weighted by Gasteiger charge is 2.18. The largest absolute Gasteiger partial charge is 0.482 e. The molecule has 1 atom stereocenters. The number of methoxy groups -OCH3 is 1. The molecule has 2 heterocycles. The van der Waals surface area contributed by atoms with E-state index >= 15 is 0 Å². The molecule has 0 bridgehead atoms. The molecule has 3 N–H and O–H groups in total. The smallest absolute Gasteiger partial charge is 0.338 e. The SMILES string of the molecule is COC(=O)c1ccc([C@H](C)NC(=O)c2cc(NC(=O)Cc3ccc4c(c3)NC(=O)CO4)ncn2)cc1C. The number of carbonyl (C=O) groups excluding carboxylic acids is 4. The van der Waals surface area contributed by atoms with Crippen molar-refractivity contribution in [2.45, 2.75) is 26.3 Å². The monoisotopic (exact) mass is 503 g/mol. The van der Waals surface area contributed by atoms with E-state index in [1.807, 2.05) is 0 Å². The van der Waals surface area contributed by atoms with Gasteiger partial charge in [0.05, 0.1) is 30.8 Å². The molecule has 0 unspecified atom stereocenters. The predicted octanol–water partition coefficient (Wildman–Crippen LogP) is 2.57. The molecule has 0 spiro atoms. The van der Waals surface area contributed by atoms with Crippen LogP contribution in [0.5, 0.6) is 5.75 Å². The molecular formula is C26H25N5O6. The Labute approximate surface area is 212 Å². The predicted molar refractivity (Wildman–Crippen MR) is 133 cm³/mol. The lowest BCUT2D eigenvalue weighted by Crippen LogP contribution is -2.28. The minimum absolute atomic E-state index is 0.0205. The Balaban J connectivity index is 1.38. The van der Waals surface area contributed by atoms with Crippen molar-refractivity contribution in [2.75, 3.05) is 24.4 Å². The third kappa shape index (κ3) is 6.07. The van der Waals surface area contributed by atoms with Crippen LogP contribution in [0.15, 0.2) is 48.8 Å². The van der Waals surface area contributed by atoms with Gasteiger partial charge in [-0.1, -0.05) is 18.2 Å². The number of rotatable bonds is 7. The van der Waals surface area contributed by atoms with Crippen molar-refractivity contribution in [2.24, 2.45) is 0 Å². The number of hydrogen-bond donors (Lipinski definition) is 3. The van der Waals surface area contributed by atoms with Gasteiger partial charge in [0.1, 0.15) is 23.6 Å². The van der Waals surface area contributed by atoms with Gasteiger partial charge in [-0.15, -0.1) is 0 Å². The van der Waals surface area contributed by atoms with Crippen molar-refractivity contribution < 1.29 is 28.7 Å². The molecule has 0 fully saturated rings. The van der Waals surface area contributed by atoms with Crippen LogP contribution in [0.4, 0.5) is 11.5 Å². The number of nitrogens with zero attached hydrogens (tertiary/aromatic N) is 2. The minimum atomic E-state index is -0.453. The van der Waals surface area contributed by atoms with Crippen LogP contribution < -0.4 is 20.7 Å². The molecular weight excluding hydrogens is 478 g/mol. The van der Waals surface area contributed by atoms with Gasteiger partial charge in [0.2, 0.25) is 5.91 Å². The van der Waals surface area contributed by atoms with Crippen LogP contribution in [0.2, 0.25) is 0 Å². The van der Waals surface area contributed by atoms with E-state index < -0.39 is 11.9 Å². The minimum Gasteiger partial charge on any atom is -0.482 e. The number of nitrogens with one attached hydrogen (secondary N) is 3. The van der Waals surface area contributed by atoms with E-state index in [4.69, 9.17) is 9.47 Å². The van der Waals surface area contributed by atoms with E-state index in [2.05, 4.69) is 25.9 Å². The number of carbonyl (C=O) groups is 4. The fraction of sp³-hybridized carbons (Fsp3) is 0.231. The quantitative estimate of drug-likeness (QED) is 0.417. The molecule has 1 aliphatic rings. The van der Waals surface area contributed by atoms with Crippen LogP contribution in [0.1, 0.15) is 50.5 Å². The molecule has 1 aliphatic heterocycles. The third-order valence-corrected chi connectivity index (χ3v) is 5.71. The van der Waals surface area contributed by atoms with Gasteiger partial charge in [-0.3, -0.25) is 14.4 Å². The summed E-state index contributed by atoms with van der Waals surface area (Å²) in [6, 6.07) is 11.3. The van der Waals surface area contributed by atoms with E-state index in [1.54, 1.807) is 50.2 Å². The van der Waals surface area contributed by atoms with Gasteiger partial charge in [0, 0.05) is 6.07 Å². The van der Waals surface area contributed by atoms with Crippen molar-refractivity contribution in [3.8, 4) is 5.75 Å². The Bertz CT molecular complexity index is 1390. The average Bonchev–Trinajstić information content (AvgIpc) is 2.88. The Morgan fingerprint density at radius 1 is 1.14 bits per heavy atom. The molecule has 1 aromatic heterocycles. The summed E-state index contributed by atoms with van der Waals surface area (Å²) in [4.78, 5) is 56.7. The summed E-state index contributed by atoms with van der Waals surface area (Å²) in [6.45, 7) is 3.55. The summed E-state index contributed by atoms with van der Waals surface area (Å²) in [7, 11) is 1.32. The number of aryl methyl sites for hydroxylation is 1. The first-order valence-electron chi connectivity index (χ1n) is 11.4. The third-order valence-electron chi connectivity index (χ3n) is 5.71. The van der Waals surface area contributed by atoms with Crippen molar-refractivity contribution in [1.82, 2.24) is 15.3 Å². The number of benzene rings is 2. The lowest BCUT2D eigenvalue weighted by Gasteiger charge is -2.18. The lowest BCUT2D eigenvalue weighted by atomic mass is 10.0. The van der Waals surface area contributed by atoms with E-state index in [1.165, 1.54) is 19.5 Å². The van der Waals surface area contributed by atoms with Crippen molar-refractivity contribution in [3.05, 3.63) is 76.7 Å². The maximum Gasteiger partial charge on any atom is 0.338 e. The zero-order chi connectivity index (χ0) is 26.5. The number of ether oxygens (including phenoxy) is 2. The topological polar surface area (TPSA) is 149 Å². The summed E-state index contributed by atoms with van der Waals surface area (Å²) in [5, 5.41) is 8.21. The van der Waals surface area contributed by atoms with Crippen LogP contribution >= 0.6 is 0 Å². The molecule has 4 rings (SSSR count). The summed E-state index contributed by atoms with van der Waals surface area (Å²) < 4.78 is 10.1. The van der Waals surface area contributed by atoms with Gasteiger partial charge < -0.3 is 25.4 Å². The maximum atomic E-state index is 12.8. The molecule has 3 aromatic rings. The van der Waals surface area contributed by atoms with E-state index in [0.29, 0.717) is 22.6 Å². The second-order valence-corrected chi connectivity index (χ2v) is 8.44. The number of aromatic nitrogens is 2. The molecule has 11 nitrogen and oxygen atoms in total. The molecule has 3 amide bonds. The molecule has 0 aliphatic carbocycles. The molecule has 11 heteroatoms. The first-order valence-corrected chi connectivity index (χ1v) is 11.4. The van der Waals surface area contributed by atoms with Crippen molar-refractivity contribution >= 4 is 35.2 Å². The highest BCUT2D eigenvalue weighted by atomic mass is 16.5. The highest BCUT2D eigenvalue weighted by molar-refractivity contribution is 5.97. The Hall–Kier alpha value is -4.80. The Morgan fingerprint density at radius 2 is 1.95 bits per heavy atom. The van der Waals surface area contributed by atoms with Gasteiger partial charge in [0.15, 0.2) is 6.61 Å². The normalized spacial score (nSPS) is 12.9. The fourth-order valence-electron chi connectivity index (χ4n) is 3.81. The highest BCUT2D eigenvalue weighted by Crippen LogP contribution is 2.28. The first-order chi connectivity index (χ1) is 17.7. The molecule has 2 aromatic carbocycles. The zero-order valence-electron chi connectivity index (χ0n) is 20.5. The van der Waals surface area contributed by atoms with Gasteiger partial charge in [-0.05, 0) is 48.7 Å². The molecule has 0 saturated heterocycles. The van der Waals surface area contributed by atoms with Gasteiger partial charge in [-0.2, -0.15) is 0 Å². The average molecular weight is 504 g/mol. The fourth-order valence-corrected chi connectivity index (χ4v) is 3.81. The van der Waals surface area contributed by atoms with Crippen LogP contribution in [-0.2, 0) is 20.7 Å². The summed E-state index contributed by atoms with van der Waals surface area (Å²) in [5.74, 6) is -0.787. The number of hydrogen-bond acceptors (Lipinski definition) is 8. The Morgan fingerprint density at radius 3 is 2.70 bits per heavy atom. The standard InChI is InChI=1S/C26H25N5O6/c1-14-8-17(5-6-18(14)26(35)36-3)15(2)29-25(34)20-11-22(28-13-27-20)31-23(32)10-16-4-7-21-19(9-16)30-24(33)12-37-21/h4-9,11,13,15H,10,12H2,1-3H3,(H,29,34)(H,30,33)(H,27,28,31,32)/t15-/m0/s1. The molecule has 190 valence electrons. The van der Waals surface area contributed by atoms with Gasteiger partial charge >= 0.3 is 5.97 Å². The van der Waals surface area contributed by atoms with E-state index in [0.717, 1.165) is 11.1 Å². The lowest BCUT2D eigenvalue weighted by molar-refractivity contribution is -0.118. The first kappa shape index (κ1) is 25.3. The van der Waals surface area contributed by atoms with Crippen molar-refractivity contribution in [3.63, 3.8) is 0 Å². The number of anilines is 2. The Kier molecular flexibility index (Phi) is 7.42. The molecule has 0 radical (unpaired) electrons. The van der Waals surface area contributed by atoms with Crippen LogP contribution in [-0.4, -0.2) is 47.4 Å². The van der Waals surface area contributed by atoms with E-state index in [9.17, 15) is 19.2 Å². The van der Waals surface area contributed by atoms with E-state index in [-0.39, 0.29) is 42.4 Å².